The molecule has 0 saturated carbocycles. The summed E-state index contributed by atoms with van der Waals surface area (Å²) in [5, 5.41) is 3.04. The molecule has 0 aliphatic carbocycles. The number of likely N-dealkylation sites (N-methyl/N-ethyl adjacent to an activating group) is 1. The highest BCUT2D eigenvalue weighted by atomic mass is 35.5. The fourth-order valence-corrected chi connectivity index (χ4v) is 3.04. The number of halogens is 1. The van der Waals surface area contributed by atoms with Gasteiger partial charge in [0.2, 0.25) is 5.91 Å². The first-order valence-electron chi connectivity index (χ1n) is 5.41. The van der Waals surface area contributed by atoms with E-state index in [9.17, 15) is 4.79 Å². The molecule has 5 heteroatoms. The molecule has 1 saturated heterocycles. The number of amides is 1. The number of carbonyl (C=O) groups excluding carboxylic acids is 1. The molecule has 1 amide bonds. The SMILES string of the molecule is CNC1CCN(CCc2ccc(Cl)s2)C1=O. The largest absolute Gasteiger partial charge is 0.341 e. The lowest BCUT2D eigenvalue weighted by atomic mass is 10.2. The van der Waals surface area contributed by atoms with Crippen molar-refractivity contribution in [2.45, 2.75) is 18.9 Å². The molecule has 88 valence electrons. The Hall–Kier alpha value is -0.580. The lowest BCUT2D eigenvalue weighted by Gasteiger charge is -2.15. The molecule has 1 unspecified atom stereocenters. The molecule has 0 bridgehead atoms. The number of likely N-dealkylation sites (tertiary alicyclic amines) is 1. The number of hydrogen-bond donors (Lipinski definition) is 1. The zero-order valence-electron chi connectivity index (χ0n) is 9.20. The van der Waals surface area contributed by atoms with Gasteiger partial charge in [0.05, 0.1) is 10.4 Å². The lowest BCUT2D eigenvalue weighted by molar-refractivity contribution is -0.129. The second-order valence-electron chi connectivity index (χ2n) is 3.91. The Labute approximate surface area is 104 Å². The summed E-state index contributed by atoms with van der Waals surface area (Å²) in [6, 6.07) is 3.96. The number of carbonyl (C=O) groups is 1. The molecule has 2 heterocycles. The molecule has 1 fully saturated rings. The van der Waals surface area contributed by atoms with E-state index in [0.717, 1.165) is 30.3 Å². The van der Waals surface area contributed by atoms with Gasteiger partial charge in [-0.15, -0.1) is 11.3 Å². The summed E-state index contributed by atoms with van der Waals surface area (Å²) in [4.78, 5) is 15.0. The van der Waals surface area contributed by atoms with E-state index in [2.05, 4.69) is 5.32 Å². The van der Waals surface area contributed by atoms with Gasteiger partial charge >= 0.3 is 0 Å². The van der Waals surface area contributed by atoms with Crippen LogP contribution in [-0.4, -0.2) is 37.0 Å². The maximum absolute atomic E-state index is 11.8. The minimum Gasteiger partial charge on any atom is -0.341 e. The molecule has 1 aliphatic rings. The molecule has 0 spiro atoms. The van der Waals surface area contributed by atoms with Crippen molar-refractivity contribution in [1.82, 2.24) is 10.2 Å². The van der Waals surface area contributed by atoms with Crippen LogP contribution in [0.5, 0.6) is 0 Å². The van der Waals surface area contributed by atoms with Gasteiger partial charge in [-0.2, -0.15) is 0 Å². The lowest BCUT2D eigenvalue weighted by Crippen LogP contribution is -2.37. The third-order valence-electron chi connectivity index (χ3n) is 2.90. The van der Waals surface area contributed by atoms with Crippen molar-refractivity contribution >= 4 is 28.8 Å². The van der Waals surface area contributed by atoms with Gasteiger partial charge in [-0.1, -0.05) is 11.6 Å². The molecule has 2 rings (SSSR count). The maximum Gasteiger partial charge on any atom is 0.239 e. The standard InChI is InChI=1S/C11H15ClN2OS/c1-13-9-5-7-14(11(9)15)6-4-8-2-3-10(12)16-8/h2-3,9,13H,4-7H2,1H3. The molecule has 1 aromatic heterocycles. The van der Waals surface area contributed by atoms with Crippen molar-refractivity contribution in [2.75, 3.05) is 20.1 Å². The average Bonchev–Trinajstić information content (AvgIpc) is 2.83. The molecular formula is C11H15ClN2OS. The normalized spacial score (nSPS) is 20.8. The Morgan fingerprint density at radius 1 is 1.62 bits per heavy atom. The van der Waals surface area contributed by atoms with Gasteiger partial charge in [0.15, 0.2) is 0 Å². The Bertz CT molecular complexity index is 380. The third-order valence-corrected chi connectivity index (χ3v) is 4.19. The van der Waals surface area contributed by atoms with E-state index in [1.807, 2.05) is 24.1 Å². The summed E-state index contributed by atoms with van der Waals surface area (Å²) in [6.45, 7) is 1.66. The van der Waals surface area contributed by atoms with Crippen molar-refractivity contribution in [3.05, 3.63) is 21.3 Å². The van der Waals surface area contributed by atoms with Crippen molar-refractivity contribution in [1.29, 1.82) is 0 Å². The van der Waals surface area contributed by atoms with Crippen LogP contribution in [0.4, 0.5) is 0 Å². The van der Waals surface area contributed by atoms with Crippen LogP contribution in [0.2, 0.25) is 4.34 Å². The van der Waals surface area contributed by atoms with E-state index in [-0.39, 0.29) is 11.9 Å². The zero-order valence-corrected chi connectivity index (χ0v) is 10.8. The molecule has 1 N–H and O–H groups in total. The summed E-state index contributed by atoms with van der Waals surface area (Å²) < 4.78 is 0.816. The molecule has 0 radical (unpaired) electrons. The van der Waals surface area contributed by atoms with Gasteiger partial charge in [-0.3, -0.25) is 4.79 Å². The molecule has 3 nitrogen and oxygen atoms in total. The van der Waals surface area contributed by atoms with Crippen LogP contribution in [-0.2, 0) is 11.2 Å². The third kappa shape index (κ3) is 2.56. The van der Waals surface area contributed by atoms with Gasteiger partial charge in [-0.05, 0) is 32.0 Å². The quantitative estimate of drug-likeness (QED) is 0.893. The summed E-state index contributed by atoms with van der Waals surface area (Å²) >= 11 is 7.45. The van der Waals surface area contributed by atoms with E-state index < -0.39 is 0 Å². The van der Waals surface area contributed by atoms with Gasteiger partial charge in [0.1, 0.15) is 0 Å². The van der Waals surface area contributed by atoms with E-state index in [1.54, 1.807) is 11.3 Å². The Kier molecular flexibility index (Phi) is 3.84. The van der Waals surface area contributed by atoms with Crippen LogP contribution >= 0.6 is 22.9 Å². The Morgan fingerprint density at radius 2 is 2.44 bits per heavy atom. The van der Waals surface area contributed by atoms with Crippen LogP contribution < -0.4 is 5.32 Å². The molecule has 1 aliphatic heterocycles. The summed E-state index contributed by atoms with van der Waals surface area (Å²) in [5.74, 6) is 0.227. The van der Waals surface area contributed by atoms with E-state index in [1.165, 1.54) is 4.88 Å². The Balaban J connectivity index is 1.85. The van der Waals surface area contributed by atoms with Crippen LogP contribution in [0.25, 0.3) is 0 Å². The molecule has 1 atom stereocenters. The number of rotatable bonds is 4. The van der Waals surface area contributed by atoms with Gasteiger partial charge in [0.25, 0.3) is 0 Å². The minimum absolute atomic E-state index is 0.0203. The second kappa shape index (κ2) is 5.17. The first kappa shape index (κ1) is 11.9. The number of hydrogen-bond acceptors (Lipinski definition) is 3. The number of thiophene rings is 1. The minimum atomic E-state index is 0.0203. The van der Waals surface area contributed by atoms with Gasteiger partial charge in [0, 0.05) is 18.0 Å². The summed E-state index contributed by atoms with van der Waals surface area (Å²) in [6.07, 6.45) is 1.82. The predicted octanol–water partition coefficient (Wildman–Crippen LogP) is 1.76. The highest BCUT2D eigenvalue weighted by Crippen LogP contribution is 2.22. The average molecular weight is 259 g/mol. The fraction of sp³-hybridized carbons (Fsp3) is 0.545. The van der Waals surface area contributed by atoms with E-state index >= 15 is 0 Å². The van der Waals surface area contributed by atoms with Gasteiger partial charge in [-0.25, -0.2) is 0 Å². The monoisotopic (exact) mass is 258 g/mol. The van der Waals surface area contributed by atoms with Crippen LogP contribution in [0.3, 0.4) is 0 Å². The van der Waals surface area contributed by atoms with E-state index in [4.69, 9.17) is 11.6 Å². The fourth-order valence-electron chi connectivity index (χ4n) is 1.96. The summed E-state index contributed by atoms with van der Waals surface area (Å²) in [5.41, 5.74) is 0. The summed E-state index contributed by atoms with van der Waals surface area (Å²) in [7, 11) is 1.84. The van der Waals surface area contributed by atoms with Gasteiger partial charge < -0.3 is 10.2 Å². The topological polar surface area (TPSA) is 32.3 Å². The van der Waals surface area contributed by atoms with Crippen molar-refractivity contribution < 1.29 is 4.79 Å². The highest BCUT2D eigenvalue weighted by molar-refractivity contribution is 7.16. The Morgan fingerprint density at radius 3 is 3.00 bits per heavy atom. The number of nitrogens with one attached hydrogen (secondary N) is 1. The molecule has 16 heavy (non-hydrogen) atoms. The predicted molar refractivity (Wildman–Crippen MR) is 67.1 cm³/mol. The van der Waals surface area contributed by atoms with Crippen LogP contribution in [0.1, 0.15) is 11.3 Å². The smallest absolute Gasteiger partial charge is 0.239 e. The van der Waals surface area contributed by atoms with E-state index in [0.29, 0.717) is 0 Å². The van der Waals surface area contributed by atoms with Crippen LogP contribution in [0.15, 0.2) is 12.1 Å². The second-order valence-corrected chi connectivity index (χ2v) is 5.71. The first-order chi connectivity index (χ1) is 7.70. The molecule has 1 aromatic rings. The molecular weight excluding hydrogens is 244 g/mol. The maximum atomic E-state index is 11.8. The van der Waals surface area contributed by atoms with Crippen molar-refractivity contribution in [3.63, 3.8) is 0 Å². The van der Waals surface area contributed by atoms with Crippen molar-refractivity contribution in [2.24, 2.45) is 0 Å². The zero-order chi connectivity index (χ0) is 11.5. The number of nitrogens with zero attached hydrogens (tertiary/aromatic N) is 1. The van der Waals surface area contributed by atoms with Crippen LogP contribution in [0, 0.1) is 0 Å². The molecule has 0 aromatic carbocycles. The first-order valence-corrected chi connectivity index (χ1v) is 6.60. The van der Waals surface area contributed by atoms with Crippen molar-refractivity contribution in [3.8, 4) is 0 Å². The highest BCUT2D eigenvalue weighted by Gasteiger charge is 2.29.